The molecule has 1 aromatic rings. The standard InChI is InChI=1S/C18H30N4O2/c1-22-12-15(16(21-22)14-8-4-2-5-9-14)20-17(23)19-13-18(24)10-6-3-7-11-18/h12,14,24H,2-11,13H2,1H3,(H2,19,20,23). The van der Waals surface area contributed by atoms with Crippen LogP contribution in [0.4, 0.5) is 10.5 Å². The van der Waals surface area contributed by atoms with Crippen LogP contribution in [0.5, 0.6) is 0 Å². The van der Waals surface area contributed by atoms with Gasteiger partial charge in [0.2, 0.25) is 0 Å². The van der Waals surface area contributed by atoms with E-state index in [-0.39, 0.29) is 6.03 Å². The van der Waals surface area contributed by atoms with Crippen LogP contribution >= 0.6 is 0 Å². The van der Waals surface area contributed by atoms with Gasteiger partial charge in [-0.15, -0.1) is 0 Å². The SMILES string of the molecule is Cn1cc(NC(=O)NCC2(O)CCCCC2)c(C2CCCCC2)n1. The van der Waals surface area contributed by atoms with Crippen molar-refractivity contribution < 1.29 is 9.90 Å². The van der Waals surface area contributed by atoms with Gasteiger partial charge in [-0.05, 0) is 25.7 Å². The zero-order valence-electron chi connectivity index (χ0n) is 14.7. The summed E-state index contributed by atoms with van der Waals surface area (Å²) in [7, 11) is 1.89. The molecule has 0 atom stereocenters. The van der Waals surface area contributed by atoms with Gasteiger partial charge in [-0.1, -0.05) is 38.5 Å². The molecule has 6 nitrogen and oxygen atoms in total. The molecule has 0 aromatic carbocycles. The summed E-state index contributed by atoms with van der Waals surface area (Å²) in [5.74, 6) is 0.442. The van der Waals surface area contributed by atoms with Gasteiger partial charge in [0.15, 0.2) is 0 Å². The molecule has 1 heterocycles. The van der Waals surface area contributed by atoms with E-state index in [1.165, 1.54) is 25.7 Å². The first-order valence-corrected chi connectivity index (χ1v) is 9.36. The quantitative estimate of drug-likeness (QED) is 0.790. The molecule has 3 rings (SSSR count). The molecule has 2 saturated carbocycles. The second kappa shape index (κ2) is 7.55. The van der Waals surface area contributed by atoms with Crippen molar-refractivity contribution in [2.24, 2.45) is 7.05 Å². The average Bonchev–Trinajstić information content (AvgIpc) is 2.95. The Morgan fingerprint density at radius 1 is 1.25 bits per heavy atom. The molecule has 0 aliphatic heterocycles. The number of hydrogen-bond donors (Lipinski definition) is 3. The second-order valence-electron chi connectivity index (χ2n) is 7.53. The zero-order valence-corrected chi connectivity index (χ0v) is 14.7. The Morgan fingerprint density at radius 2 is 1.92 bits per heavy atom. The minimum absolute atomic E-state index is 0.251. The van der Waals surface area contributed by atoms with Crippen LogP contribution in [-0.2, 0) is 7.05 Å². The van der Waals surface area contributed by atoms with Crippen LogP contribution in [0.3, 0.4) is 0 Å². The number of aliphatic hydroxyl groups is 1. The van der Waals surface area contributed by atoms with E-state index in [4.69, 9.17) is 0 Å². The van der Waals surface area contributed by atoms with Crippen LogP contribution in [0, 0.1) is 0 Å². The number of rotatable bonds is 4. The molecule has 0 radical (unpaired) electrons. The maximum atomic E-state index is 12.3. The topological polar surface area (TPSA) is 79.2 Å². The van der Waals surface area contributed by atoms with E-state index < -0.39 is 5.60 Å². The Bertz CT molecular complexity index is 557. The highest BCUT2D eigenvalue weighted by Crippen LogP contribution is 2.35. The third-order valence-corrected chi connectivity index (χ3v) is 5.46. The number of nitrogens with one attached hydrogen (secondary N) is 2. The molecule has 0 bridgehead atoms. The molecule has 3 N–H and O–H groups in total. The van der Waals surface area contributed by atoms with Crippen LogP contribution < -0.4 is 10.6 Å². The minimum Gasteiger partial charge on any atom is -0.388 e. The van der Waals surface area contributed by atoms with Crippen molar-refractivity contribution in [1.29, 1.82) is 0 Å². The van der Waals surface area contributed by atoms with Gasteiger partial charge in [0, 0.05) is 25.7 Å². The van der Waals surface area contributed by atoms with Gasteiger partial charge in [-0.2, -0.15) is 5.10 Å². The number of hydrogen-bond acceptors (Lipinski definition) is 3. The molecular formula is C18H30N4O2. The van der Waals surface area contributed by atoms with E-state index in [1.54, 1.807) is 4.68 Å². The van der Waals surface area contributed by atoms with Gasteiger partial charge in [0.1, 0.15) is 0 Å². The molecule has 0 unspecified atom stereocenters. The fraction of sp³-hybridized carbons (Fsp3) is 0.778. The highest BCUT2D eigenvalue weighted by molar-refractivity contribution is 5.89. The van der Waals surface area contributed by atoms with E-state index in [2.05, 4.69) is 15.7 Å². The highest BCUT2D eigenvalue weighted by Gasteiger charge is 2.29. The molecule has 0 spiro atoms. The smallest absolute Gasteiger partial charge is 0.319 e. The molecular weight excluding hydrogens is 304 g/mol. The minimum atomic E-state index is -0.739. The van der Waals surface area contributed by atoms with E-state index in [0.717, 1.165) is 49.9 Å². The summed E-state index contributed by atoms with van der Waals surface area (Å²) >= 11 is 0. The Kier molecular flexibility index (Phi) is 5.43. The number of nitrogens with zero attached hydrogens (tertiary/aromatic N) is 2. The van der Waals surface area contributed by atoms with E-state index in [1.807, 2.05) is 13.2 Å². The zero-order chi connectivity index (χ0) is 17.0. The van der Waals surface area contributed by atoms with E-state index >= 15 is 0 Å². The number of amides is 2. The fourth-order valence-electron chi connectivity index (χ4n) is 4.08. The lowest BCUT2D eigenvalue weighted by Gasteiger charge is -2.32. The molecule has 24 heavy (non-hydrogen) atoms. The molecule has 2 aliphatic carbocycles. The van der Waals surface area contributed by atoms with Crippen molar-refractivity contribution in [3.63, 3.8) is 0 Å². The third-order valence-electron chi connectivity index (χ3n) is 5.46. The summed E-state index contributed by atoms with van der Waals surface area (Å²) in [5.41, 5.74) is 1.07. The number of aryl methyl sites for hydroxylation is 1. The Hall–Kier alpha value is -1.56. The molecule has 1 aromatic heterocycles. The normalized spacial score (nSPS) is 21.4. The molecule has 6 heteroatoms. The van der Waals surface area contributed by atoms with Crippen LogP contribution in [0.15, 0.2) is 6.20 Å². The highest BCUT2D eigenvalue weighted by atomic mass is 16.3. The summed E-state index contributed by atoms with van der Waals surface area (Å²) in [6.07, 6.45) is 12.7. The summed E-state index contributed by atoms with van der Waals surface area (Å²) in [6.45, 7) is 0.317. The Morgan fingerprint density at radius 3 is 2.62 bits per heavy atom. The summed E-state index contributed by atoms with van der Waals surface area (Å²) in [4.78, 5) is 12.3. The predicted molar refractivity (Wildman–Crippen MR) is 94.1 cm³/mol. The van der Waals surface area contributed by atoms with Gasteiger partial charge < -0.3 is 15.7 Å². The van der Waals surface area contributed by atoms with Crippen molar-refractivity contribution in [1.82, 2.24) is 15.1 Å². The van der Waals surface area contributed by atoms with E-state index in [0.29, 0.717) is 12.5 Å². The summed E-state index contributed by atoms with van der Waals surface area (Å²) in [5, 5.41) is 20.9. The fourth-order valence-corrected chi connectivity index (χ4v) is 4.08. The van der Waals surface area contributed by atoms with Crippen LogP contribution in [0.25, 0.3) is 0 Å². The number of carbonyl (C=O) groups excluding carboxylic acids is 1. The van der Waals surface area contributed by atoms with Crippen LogP contribution in [0.2, 0.25) is 0 Å². The van der Waals surface area contributed by atoms with Crippen molar-refractivity contribution >= 4 is 11.7 Å². The average molecular weight is 334 g/mol. The lowest BCUT2D eigenvalue weighted by atomic mass is 9.85. The lowest BCUT2D eigenvalue weighted by molar-refractivity contribution is 0.00755. The van der Waals surface area contributed by atoms with E-state index in [9.17, 15) is 9.90 Å². The third kappa shape index (κ3) is 4.29. The van der Waals surface area contributed by atoms with Gasteiger partial charge in [-0.25, -0.2) is 4.79 Å². The second-order valence-corrected chi connectivity index (χ2v) is 7.53. The number of anilines is 1. The monoisotopic (exact) mass is 334 g/mol. The van der Waals surface area contributed by atoms with Crippen molar-refractivity contribution in [3.05, 3.63) is 11.9 Å². The first-order valence-electron chi connectivity index (χ1n) is 9.36. The molecule has 0 saturated heterocycles. The van der Waals surface area contributed by atoms with Gasteiger partial charge in [0.25, 0.3) is 0 Å². The van der Waals surface area contributed by atoms with Crippen molar-refractivity contribution in [2.75, 3.05) is 11.9 Å². The molecule has 134 valence electrons. The number of urea groups is 1. The molecule has 2 amide bonds. The van der Waals surface area contributed by atoms with Crippen LogP contribution in [0.1, 0.15) is 75.8 Å². The van der Waals surface area contributed by atoms with Crippen LogP contribution in [-0.4, -0.2) is 33.1 Å². The predicted octanol–water partition coefficient (Wildman–Crippen LogP) is 3.28. The van der Waals surface area contributed by atoms with Gasteiger partial charge >= 0.3 is 6.03 Å². The Labute approximate surface area is 144 Å². The number of carbonyl (C=O) groups is 1. The van der Waals surface area contributed by atoms with Crippen molar-refractivity contribution in [3.8, 4) is 0 Å². The van der Waals surface area contributed by atoms with Gasteiger partial charge in [-0.3, -0.25) is 4.68 Å². The maximum absolute atomic E-state index is 12.3. The largest absolute Gasteiger partial charge is 0.388 e. The van der Waals surface area contributed by atoms with Gasteiger partial charge in [0.05, 0.1) is 17.0 Å². The number of aromatic nitrogens is 2. The first-order chi connectivity index (χ1) is 11.6. The maximum Gasteiger partial charge on any atom is 0.319 e. The first kappa shape index (κ1) is 17.3. The lowest BCUT2D eigenvalue weighted by Crippen LogP contribution is -2.45. The summed E-state index contributed by atoms with van der Waals surface area (Å²) in [6, 6.07) is -0.251. The summed E-state index contributed by atoms with van der Waals surface area (Å²) < 4.78 is 1.77. The Balaban J connectivity index is 1.57. The molecule has 2 fully saturated rings. The molecule has 2 aliphatic rings. The van der Waals surface area contributed by atoms with Crippen molar-refractivity contribution in [2.45, 2.75) is 75.7 Å².